The zero-order valence-corrected chi connectivity index (χ0v) is 11.8. The van der Waals surface area contributed by atoms with E-state index in [1.165, 1.54) is 0 Å². The van der Waals surface area contributed by atoms with Crippen molar-refractivity contribution in [2.24, 2.45) is 5.92 Å². The van der Waals surface area contributed by atoms with Gasteiger partial charge in [-0.25, -0.2) is 0 Å². The number of anilines is 1. The highest BCUT2D eigenvalue weighted by molar-refractivity contribution is 5.95. The minimum absolute atomic E-state index is 0.0358. The van der Waals surface area contributed by atoms with E-state index in [9.17, 15) is 9.90 Å². The number of aliphatic hydroxyl groups is 1. The zero-order valence-electron chi connectivity index (χ0n) is 11.8. The molecule has 110 valence electrons. The number of amides is 1. The summed E-state index contributed by atoms with van der Waals surface area (Å²) in [6, 6.07) is 5.01. The van der Waals surface area contributed by atoms with Crippen LogP contribution in [0.4, 0.5) is 5.69 Å². The molecule has 5 nitrogen and oxygen atoms in total. The van der Waals surface area contributed by atoms with Crippen LogP contribution in [0.3, 0.4) is 0 Å². The van der Waals surface area contributed by atoms with Crippen LogP contribution in [0.15, 0.2) is 18.2 Å². The first-order chi connectivity index (χ1) is 9.63. The lowest BCUT2D eigenvalue weighted by Gasteiger charge is -2.30. The summed E-state index contributed by atoms with van der Waals surface area (Å²) in [6.45, 7) is 0.116. The van der Waals surface area contributed by atoms with E-state index < -0.39 is 0 Å². The topological polar surface area (TPSA) is 84.6 Å². The molecule has 0 aliphatic heterocycles. The first kappa shape index (κ1) is 14.7. The molecule has 1 aliphatic carbocycles. The van der Waals surface area contributed by atoms with Crippen molar-refractivity contribution in [2.75, 3.05) is 19.5 Å². The maximum Gasteiger partial charge on any atom is 0.251 e. The smallest absolute Gasteiger partial charge is 0.251 e. The summed E-state index contributed by atoms with van der Waals surface area (Å²) in [4.78, 5) is 12.3. The fourth-order valence-corrected chi connectivity index (χ4v) is 2.74. The van der Waals surface area contributed by atoms with Crippen LogP contribution in [0.25, 0.3) is 0 Å². The van der Waals surface area contributed by atoms with Crippen LogP contribution in [0.1, 0.15) is 36.0 Å². The third-order valence-corrected chi connectivity index (χ3v) is 3.89. The molecule has 1 aromatic rings. The lowest BCUT2D eigenvalue weighted by atomic mass is 9.85. The van der Waals surface area contributed by atoms with E-state index in [1.807, 2.05) is 0 Å². The predicted octanol–water partition coefficient (Wildman–Crippen LogP) is 1.56. The van der Waals surface area contributed by atoms with Gasteiger partial charge in [0.15, 0.2) is 0 Å². The van der Waals surface area contributed by atoms with Gasteiger partial charge in [0.25, 0.3) is 5.91 Å². The Balaban J connectivity index is 2.09. The van der Waals surface area contributed by atoms with Crippen molar-refractivity contribution in [3.05, 3.63) is 23.8 Å². The second-order valence-corrected chi connectivity index (χ2v) is 5.30. The average Bonchev–Trinajstić information content (AvgIpc) is 2.47. The molecule has 2 atom stereocenters. The molecule has 4 N–H and O–H groups in total. The first-order valence-corrected chi connectivity index (χ1v) is 7.00. The van der Waals surface area contributed by atoms with Crippen LogP contribution in [0, 0.1) is 5.92 Å². The average molecular weight is 278 g/mol. The zero-order chi connectivity index (χ0) is 14.5. The van der Waals surface area contributed by atoms with Crippen LogP contribution < -0.4 is 15.8 Å². The minimum atomic E-state index is -0.166. The minimum Gasteiger partial charge on any atom is -0.497 e. The predicted molar refractivity (Wildman–Crippen MR) is 77.7 cm³/mol. The van der Waals surface area contributed by atoms with Gasteiger partial charge in [-0.15, -0.1) is 0 Å². The number of nitrogens with two attached hydrogens (primary N) is 1. The fraction of sp³-hybridized carbons (Fsp3) is 0.533. The van der Waals surface area contributed by atoms with Crippen LogP contribution >= 0.6 is 0 Å². The summed E-state index contributed by atoms with van der Waals surface area (Å²) in [5.41, 5.74) is 6.75. The summed E-state index contributed by atoms with van der Waals surface area (Å²) >= 11 is 0. The molecule has 1 aliphatic rings. The Morgan fingerprint density at radius 1 is 1.40 bits per heavy atom. The van der Waals surface area contributed by atoms with Crippen molar-refractivity contribution in [1.82, 2.24) is 5.32 Å². The SMILES string of the molecule is COc1cc(N)cc(C(=O)NC2CCCCC2CO)c1. The third kappa shape index (κ3) is 3.42. The fourth-order valence-electron chi connectivity index (χ4n) is 2.74. The van der Waals surface area contributed by atoms with E-state index in [2.05, 4.69) is 5.32 Å². The lowest BCUT2D eigenvalue weighted by molar-refractivity contribution is 0.0872. The van der Waals surface area contributed by atoms with Crippen LogP contribution in [-0.2, 0) is 0 Å². The normalized spacial score (nSPS) is 22.3. The molecule has 0 aromatic heterocycles. The number of hydrogen-bond donors (Lipinski definition) is 3. The van der Waals surface area contributed by atoms with Crippen molar-refractivity contribution in [3.63, 3.8) is 0 Å². The quantitative estimate of drug-likeness (QED) is 0.730. The molecule has 1 fully saturated rings. The third-order valence-electron chi connectivity index (χ3n) is 3.89. The lowest BCUT2D eigenvalue weighted by Crippen LogP contribution is -2.43. The second kappa shape index (κ2) is 6.61. The van der Waals surface area contributed by atoms with Crippen LogP contribution in [0.2, 0.25) is 0 Å². The van der Waals surface area contributed by atoms with E-state index in [1.54, 1.807) is 25.3 Å². The number of carbonyl (C=O) groups excluding carboxylic acids is 1. The molecule has 0 bridgehead atoms. The second-order valence-electron chi connectivity index (χ2n) is 5.30. The van der Waals surface area contributed by atoms with E-state index >= 15 is 0 Å². The summed E-state index contributed by atoms with van der Waals surface area (Å²) < 4.78 is 5.12. The largest absolute Gasteiger partial charge is 0.497 e. The van der Waals surface area contributed by atoms with Crippen LogP contribution in [0.5, 0.6) is 5.75 Å². The molecule has 1 saturated carbocycles. The Labute approximate surface area is 119 Å². The molecular formula is C15H22N2O3. The van der Waals surface area contributed by atoms with E-state index in [0.29, 0.717) is 17.0 Å². The Kier molecular flexibility index (Phi) is 4.84. The van der Waals surface area contributed by atoms with Gasteiger partial charge in [0, 0.05) is 35.9 Å². The maximum absolute atomic E-state index is 12.3. The summed E-state index contributed by atoms with van der Waals surface area (Å²) in [5, 5.41) is 12.4. The van der Waals surface area contributed by atoms with Crippen molar-refractivity contribution in [1.29, 1.82) is 0 Å². The summed E-state index contributed by atoms with van der Waals surface area (Å²) in [5.74, 6) is 0.550. The standard InChI is InChI=1S/C15H22N2O3/c1-20-13-7-11(6-12(16)8-13)15(19)17-14-5-3-2-4-10(14)9-18/h6-8,10,14,18H,2-5,9,16H2,1H3,(H,17,19). The van der Waals surface area contributed by atoms with Gasteiger partial charge in [-0.2, -0.15) is 0 Å². The van der Waals surface area contributed by atoms with Crippen molar-refractivity contribution < 1.29 is 14.6 Å². The van der Waals surface area contributed by atoms with Gasteiger partial charge >= 0.3 is 0 Å². The molecule has 2 rings (SSSR count). The Morgan fingerprint density at radius 3 is 2.85 bits per heavy atom. The van der Waals surface area contributed by atoms with E-state index in [4.69, 9.17) is 10.5 Å². The molecule has 0 heterocycles. The molecular weight excluding hydrogens is 256 g/mol. The number of carbonyl (C=O) groups is 1. The monoisotopic (exact) mass is 278 g/mol. The summed E-state index contributed by atoms with van der Waals surface area (Å²) in [6.07, 6.45) is 4.07. The molecule has 20 heavy (non-hydrogen) atoms. The Bertz CT molecular complexity index is 476. The highest BCUT2D eigenvalue weighted by Crippen LogP contribution is 2.25. The Hall–Kier alpha value is -1.75. The highest BCUT2D eigenvalue weighted by Gasteiger charge is 2.26. The van der Waals surface area contributed by atoms with Gasteiger partial charge in [0.2, 0.25) is 0 Å². The summed E-state index contributed by atoms with van der Waals surface area (Å²) in [7, 11) is 1.54. The number of ether oxygens (including phenoxy) is 1. The van der Waals surface area contributed by atoms with Gasteiger partial charge in [0.05, 0.1) is 7.11 Å². The molecule has 5 heteroatoms. The van der Waals surface area contributed by atoms with Gasteiger partial charge in [-0.3, -0.25) is 4.79 Å². The molecule has 1 amide bonds. The number of hydrogen-bond acceptors (Lipinski definition) is 4. The Morgan fingerprint density at radius 2 is 2.15 bits per heavy atom. The van der Waals surface area contributed by atoms with Crippen molar-refractivity contribution in [2.45, 2.75) is 31.7 Å². The van der Waals surface area contributed by atoms with Gasteiger partial charge in [0.1, 0.15) is 5.75 Å². The number of nitrogen functional groups attached to an aromatic ring is 1. The molecule has 0 radical (unpaired) electrons. The number of nitrogens with one attached hydrogen (secondary N) is 1. The van der Waals surface area contributed by atoms with E-state index in [0.717, 1.165) is 25.7 Å². The molecule has 0 saturated heterocycles. The molecule has 1 aromatic carbocycles. The first-order valence-electron chi connectivity index (χ1n) is 7.00. The molecule has 0 spiro atoms. The number of aliphatic hydroxyl groups excluding tert-OH is 1. The highest BCUT2D eigenvalue weighted by atomic mass is 16.5. The van der Waals surface area contributed by atoms with Crippen LogP contribution in [-0.4, -0.2) is 30.8 Å². The van der Waals surface area contributed by atoms with E-state index in [-0.39, 0.29) is 24.5 Å². The van der Waals surface area contributed by atoms with Crippen molar-refractivity contribution >= 4 is 11.6 Å². The maximum atomic E-state index is 12.3. The van der Waals surface area contributed by atoms with Gasteiger partial charge < -0.3 is 20.9 Å². The van der Waals surface area contributed by atoms with Crippen molar-refractivity contribution in [3.8, 4) is 5.75 Å². The van der Waals surface area contributed by atoms with Gasteiger partial charge in [-0.1, -0.05) is 12.8 Å². The number of rotatable bonds is 4. The number of methoxy groups -OCH3 is 1. The number of benzene rings is 1. The molecule has 2 unspecified atom stereocenters. The van der Waals surface area contributed by atoms with Gasteiger partial charge in [-0.05, 0) is 25.0 Å².